The van der Waals surface area contributed by atoms with Crippen molar-refractivity contribution >= 4 is 30.8 Å². The lowest BCUT2D eigenvalue weighted by molar-refractivity contribution is 0.476. The molecule has 0 atom stereocenters. The minimum absolute atomic E-state index is 0.0903. The Balaban J connectivity index is 2.51. The molecule has 0 unspecified atom stereocenters. The van der Waals surface area contributed by atoms with E-state index in [1.54, 1.807) is 13.8 Å². The number of rotatable bonds is 4. The van der Waals surface area contributed by atoms with E-state index < -0.39 is 24.9 Å². The van der Waals surface area contributed by atoms with Crippen molar-refractivity contribution in [1.82, 2.24) is 0 Å². The number of hydrogen-bond acceptors (Lipinski definition) is 5. The van der Waals surface area contributed by atoms with Crippen LogP contribution in [0, 0.1) is 41.5 Å². The predicted molar refractivity (Wildman–Crippen MR) is 148 cm³/mol. The highest BCUT2D eigenvalue weighted by molar-refractivity contribution is 7.90. The van der Waals surface area contributed by atoms with E-state index in [1.165, 1.54) is 18.2 Å². The summed E-state index contributed by atoms with van der Waals surface area (Å²) in [6.45, 7) is 11.1. The maximum atomic E-state index is 13.5. The zero-order chi connectivity index (χ0) is 27.6. The van der Waals surface area contributed by atoms with Crippen LogP contribution in [0.1, 0.15) is 33.4 Å². The summed E-state index contributed by atoms with van der Waals surface area (Å²) < 4.78 is 53.4. The number of phenols is 1. The van der Waals surface area contributed by atoms with Crippen molar-refractivity contribution in [2.24, 2.45) is 10.3 Å². The summed E-state index contributed by atoms with van der Waals surface area (Å²) in [7, 11) is -9.02. The quantitative estimate of drug-likeness (QED) is 0.334. The maximum absolute atomic E-state index is 13.5. The minimum Gasteiger partial charge on any atom is -0.508 e. The van der Waals surface area contributed by atoms with E-state index in [0.29, 0.717) is 27.6 Å². The monoisotopic (exact) mass is 538 g/mol. The molecule has 0 heterocycles. The first-order valence-corrected chi connectivity index (χ1v) is 14.7. The molecule has 0 aliphatic carbocycles. The molecule has 0 aliphatic heterocycles. The van der Waals surface area contributed by atoms with Crippen molar-refractivity contribution in [3.8, 4) is 28.0 Å². The van der Waals surface area contributed by atoms with Crippen molar-refractivity contribution in [2.45, 2.75) is 51.3 Å². The second-order valence-electron chi connectivity index (χ2n) is 9.78. The average Bonchev–Trinajstić information content (AvgIpc) is 2.69. The molecule has 0 spiro atoms. The topological polar surface area (TPSA) is 141 Å². The SMILES string of the molecule is Cc1cc(C)c(-c2c(S(N)(=O)=O)c(-c3c(C)cc(C)cc3C)c3ccc(O)cc3c2S(N)(=O)=O)c(C)c1. The average molecular weight is 539 g/mol. The van der Waals surface area contributed by atoms with Gasteiger partial charge in [0.1, 0.15) is 5.75 Å². The Kier molecular flexibility index (Phi) is 6.49. The van der Waals surface area contributed by atoms with Crippen molar-refractivity contribution in [3.63, 3.8) is 0 Å². The second-order valence-corrected chi connectivity index (χ2v) is 12.8. The first kappa shape index (κ1) is 26.8. The smallest absolute Gasteiger partial charge is 0.239 e. The molecule has 0 aromatic heterocycles. The predicted octanol–water partition coefficient (Wildman–Crippen LogP) is 5.02. The Labute approximate surface area is 217 Å². The van der Waals surface area contributed by atoms with Gasteiger partial charge in [-0.25, -0.2) is 27.1 Å². The number of aryl methyl sites for hydroxylation is 6. The first-order valence-electron chi connectivity index (χ1n) is 11.6. The number of hydrogen-bond donors (Lipinski definition) is 3. The molecule has 7 nitrogen and oxygen atoms in total. The van der Waals surface area contributed by atoms with Crippen molar-refractivity contribution < 1.29 is 21.9 Å². The van der Waals surface area contributed by atoms with Crippen molar-refractivity contribution in [3.05, 3.63) is 75.8 Å². The van der Waals surface area contributed by atoms with Gasteiger partial charge in [0, 0.05) is 16.5 Å². The fourth-order valence-electron chi connectivity index (χ4n) is 5.63. The van der Waals surface area contributed by atoms with Crippen LogP contribution < -0.4 is 10.3 Å². The molecular weight excluding hydrogens is 508 g/mol. The summed E-state index contributed by atoms with van der Waals surface area (Å²) in [6, 6.07) is 11.7. The van der Waals surface area contributed by atoms with E-state index in [1.807, 2.05) is 52.0 Å². The normalized spacial score (nSPS) is 12.3. The number of benzene rings is 4. The molecule has 4 aromatic rings. The molecule has 9 heteroatoms. The Morgan fingerprint density at radius 2 is 0.946 bits per heavy atom. The van der Waals surface area contributed by atoms with Gasteiger partial charge >= 0.3 is 0 Å². The number of phenolic OH excluding ortho intramolecular Hbond substituents is 1. The Morgan fingerprint density at radius 1 is 0.541 bits per heavy atom. The van der Waals surface area contributed by atoms with Crippen molar-refractivity contribution in [2.75, 3.05) is 0 Å². The molecule has 4 rings (SSSR count). The molecule has 0 saturated heterocycles. The number of primary sulfonamides is 2. The van der Waals surface area contributed by atoms with Gasteiger partial charge in [-0.3, -0.25) is 0 Å². The van der Waals surface area contributed by atoms with E-state index in [2.05, 4.69) is 0 Å². The summed E-state index contributed by atoms with van der Waals surface area (Å²) in [6.07, 6.45) is 0. The van der Waals surface area contributed by atoms with Crippen LogP contribution in [0.4, 0.5) is 0 Å². The van der Waals surface area contributed by atoms with Gasteiger partial charge in [0.2, 0.25) is 20.0 Å². The molecule has 0 fully saturated rings. The fourth-order valence-corrected chi connectivity index (χ4v) is 7.64. The van der Waals surface area contributed by atoms with Crippen LogP contribution in [0.5, 0.6) is 5.75 Å². The lowest BCUT2D eigenvalue weighted by Gasteiger charge is -2.25. The van der Waals surface area contributed by atoms with Crippen molar-refractivity contribution in [1.29, 1.82) is 0 Å². The van der Waals surface area contributed by atoms with Crippen LogP contribution in [0.25, 0.3) is 33.0 Å². The Hall–Kier alpha value is -3.24. The molecule has 5 N–H and O–H groups in total. The summed E-state index contributed by atoms with van der Waals surface area (Å²) in [5.74, 6) is -0.188. The van der Waals surface area contributed by atoms with Crippen LogP contribution >= 0.6 is 0 Å². The zero-order valence-corrected chi connectivity index (χ0v) is 23.2. The van der Waals surface area contributed by atoms with Gasteiger partial charge in [-0.05, 0) is 98.5 Å². The Morgan fingerprint density at radius 3 is 1.35 bits per heavy atom. The minimum atomic E-state index is -4.51. The van der Waals surface area contributed by atoms with Gasteiger partial charge in [-0.1, -0.05) is 35.4 Å². The summed E-state index contributed by atoms with van der Waals surface area (Å²) in [4.78, 5) is -0.719. The highest BCUT2D eigenvalue weighted by Crippen LogP contribution is 2.49. The van der Waals surface area contributed by atoms with Crippen LogP contribution in [0.2, 0.25) is 0 Å². The van der Waals surface area contributed by atoms with E-state index >= 15 is 0 Å². The summed E-state index contributed by atoms with van der Waals surface area (Å²) in [5.41, 5.74) is 6.04. The van der Waals surface area contributed by atoms with E-state index in [4.69, 9.17) is 10.3 Å². The summed E-state index contributed by atoms with van der Waals surface area (Å²) in [5, 5.41) is 22.5. The molecule has 0 saturated carbocycles. The molecule has 0 aliphatic rings. The van der Waals surface area contributed by atoms with Crippen LogP contribution in [0.3, 0.4) is 0 Å². The van der Waals surface area contributed by atoms with E-state index in [9.17, 15) is 21.9 Å². The molecule has 0 amide bonds. The number of nitrogens with two attached hydrogens (primary N) is 2. The fraction of sp³-hybridized carbons (Fsp3) is 0.214. The van der Waals surface area contributed by atoms with Crippen LogP contribution in [-0.4, -0.2) is 21.9 Å². The lowest BCUT2D eigenvalue weighted by Crippen LogP contribution is -2.21. The van der Waals surface area contributed by atoms with E-state index in [0.717, 1.165) is 22.3 Å². The highest BCUT2D eigenvalue weighted by atomic mass is 32.2. The van der Waals surface area contributed by atoms with Crippen LogP contribution in [0.15, 0.2) is 52.3 Å². The van der Waals surface area contributed by atoms with Gasteiger partial charge in [0.15, 0.2) is 0 Å². The molecule has 4 aromatic carbocycles. The van der Waals surface area contributed by atoms with Gasteiger partial charge in [-0.15, -0.1) is 0 Å². The number of aromatic hydroxyl groups is 1. The Bertz CT molecular complexity index is 1790. The van der Waals surface area contributed by atoms with Crippen LogP contribution in [-0.2, 0) is 20.0 Å². The standard InChI is InChI=1S/C28H30N2O5S2/c1-14-9-16(3)23(17(4)10-14)25-21-8-7-20(31)13-22(21)27(36(29,32)33)26(28(25)37(30,34)35)24-18(5)11-15(2)12-19(24)6/h7-13,31H,1-6H3,(H2,29,32,33)(H2,30,34,35). The molecular formula is C28H30N2O5S2. The summed E-state index contributed by atoms with van der Waals surface area (Å²) >= 11 is 0. The van der Waals surface area contributed by atoms with Gasteiger partial charge < -0.3 is 5.11 Å². The molecule has 194 valence electrons. The third kappa shape index (κ3) is 4.64. The van der Waals surface area contributed by atoms with E-state index in [-0.39, 0.29) is 27.2 Å². The third-order valence-corrected chi connectivity index (χ3v) is 8.59. The molecule has 0 radical (unpaired) electrons. The number of fused-ring (bicyclic) bond motifs is 1. The molecule has 37 heavy (non-hydrogen) atoms. The highest BCUT2D eigenvalue weighted by Gasteiger charge is 2.34. The van der Waals surface area contributed by atoms with Gasteiger partial charge in [-0.2, -0.15) is 0 Å². The van der Waals surface area contributed by atoms with Gasteiger partial charge in [0.05, 0.1) is 9.79 Å². The maximum Gasteiger partial charge on any atom is 0.239 e. The molecule has 0 bridgehead atoms. The largest absolute Gasteiger partial charge is 0.508 e. The second kappa shape index (κ2) is 8.95. The number of sulfonamides is 2. The lowest BCUT2D eigenvalue weighted by atomic mass is 9.85. The van der Waals surface area contributed by atoms with Gasteiger partial charge in [0.25, 0.3) is 0 Å². The third-order valence-electron chi connectivity index (χ3n) is 6.62. The zero-order valence-electron chi connectivity index (χ0n) is 21.6. The first-order chi connectivity index (χ1) is 17.0.